The molecule has 0 fully saturated rings. The van der Waals surface area contributed by atoms with Gasteiger partial charge in [0.05, 0.1) is 4.47 Å². The van der Waals surface area contributed by atoms with Gasteiger partial charge < -0.3 is 14.6 Å². The number of rotatable bonds is 1. The van der Waals surface area contributed by atoms with Crippen molar-refractivity contribution in [3.05, 3.63) is 21.7 Å². The molecular weight excluding hydrogens is 312 g/mol. The first-order valence-corrected chi connectivity index (χ1v) is 6.92. The zero-order chi connectivity index (χ0) is 14.4. The van der Waals surface area contributed by atoms with Gasteiger partial charge in [-0.3, -0.25) is 0 Å². The second kappa shape index (κ2) is 4.71. The molecule has 1 aromatic rings. The predicted molar refractivity (Wildman–Crippen MR) is 74.8 cm³/mol. The zero-order valence-electron chi connectivity index (χ0n) is 11.4. The molecule has 0 radical (unpaired) electrons. The van der Waals surface area contributed by atoms with E-state index in [-0.39, 0.29) is 17.4 Å². The minimum atomic E-state index is -0.622. The highest BCUT2D eigenvalue weighted by Gasteiger charge is 2.32. The summed E-state index contributed by atoms with van der Waals surface area (Å²) in [7, 11) is 0. The van der Waals surface area contributed by atoms with Crippen LogP contribution in [0.3, 0.4) is 0 Å². The smallest absolute Gasteiger partial charge is 0.346 e. The van der Waals surface area contributed by atoms with Crippen molar-refractivity contribution in [3.63, 3.8) is 0 Å². The van der Waals surface area contributed by atoms with Crippen molar-refractivity contribution in [3.8, 4) is 11.5 Å². The molecule has 1 aromatic carbocycles. The molecule has 0 saturated heterocycles. The van der Waals surface area contributed by atoms with Crippen molar-refractivity contribution in [1.82, 2.24) is 0 Å². The summed E-state index contributed by atoms with van der Waals surface area (Å²) in [5, 5.41) is 10.1. The number of phenols is 1. The summed E-state index contributed by atoms with van der Waals surface area (Å²) in [6.07, 6.45) is 0.703. The Morgan fingerprint density at radius 3 is 2.74 bits per heavy atom. The molecule has 0 spiro atoms. The minimum absolute atomic E-state index is 0.00936. The van der Waals surface area contributed by atoms with Crippen LogP contribution in [0.25, 0.3) is 0 Å². The largest absolute Gasteiger partial charge is 0.506 e. The second-order valence-electron chi connectivity index (χ2n) is 5.70. The van der Waals surface area contributed by atoms with Gasteiger partial charge in [0.15, 0.2) is 0 Å². The fourth-order valence-corrected chi connectivity index (χ4v) is 2.51. The van der Waals surface area contributed by atoms with Crippen LogP contribution in [0.15, 0.2) is 10.5 Å². The van der Waals surface area contributed by atoms with Crippen molar-refractivity contribution < 1.29 is 19.4 Å². The van der Waals surface area contributed by atoms with Crippen molar-refractivity contribution in [2.24, 2.45) is 0 Å². The summed E-state index contributed by atoms with van der Waals surface area (Å²) in [5.41, 5.74) is 0.379. The van der Waals surface area contributed by atoms with Crippen molar-refractivity contribution in [2.75, 3.05) is 0 Å². The molecule has 1 unspecified atom stereocenters. The molecule has 0 saturated carbocycles. The number of halogens is 1. The standard InChI is InChI=1S/C14H17BrO4/c1-7-5-8-6-9(15)11(16)10(12(8)18-7)13(17)19-14(2,3)4/h6-7,16H,5H2,1-4H3. The lowest BCUT2D eigenvalue weighted by Gasteiger charge is -2.21. The van der Waals surface area contributed by atoms with E-state index < -0.39 is 11.6 Å². The van der Waals surface area contributed by atoms with Gasteiger partial charge in [0.1, 0.15) is 28.8 Å². The summed E-state index contributed by atoms with van der Waals surface area (Å²) in [4.78, 5) is 12.2. The molecular formula is C14H17BrO4. The van der Waals surface area contributed by atoms with Crippen LogP contribution < -0.4 is 4.74 Å². The van der Waals surface area contributed by atoms with Crippen molar-refractivity contribution in [1.29, 1.82) is 0 Å². The van der Waals surface area contributed by atoms with E-state index in [2.05, 4.69) is 15.9 Å². The molecule has 1 heterocycles. The molecule has 0 aliphatic carbocycles. The Balaban J connectivity index is 2.48. The van der Waals surface area contributed by atoms with Crippen LogP contribution in [-0.4, -0.2) is 22.8 Å². The Morgan fingerprint density at radius 1 is 1.53 bits per heavy atom. The topological polar surface area (TPSA) is 55.8 Å². The molecule has 2 rings (SSSR count). The molecule has 1 atom stereocenters. The first kappa shape index (κ1) is 14.2. The van der Waals surface area contributed by atoms with Gasteiger partial charge in [-0.05, 0) is 49.7 Å². The molecule has 19 heavy (non-hydrogen) atoms. The Kier molecular flexibility index (Phi) is 3.51. The molecule has 1 N–H and O–H groups in total. The zero-order valence-corrected chi connectivity index (χ0v) is 13.0. The third-order valence-corrected chi connectivity index (χ3v) is 3.32. The Bertz CT molecular complexity index is 531. The molecule has 5 heteroatoms. The molecule has 4 nitrogen and oxygen atoms in total. The second-order valence-corrected chi connectivity index (χ2v) is 6.56. The van der Waals surface area contributed by atoms with Gasteiger partial charge in [-0.25, -0.2) is 4.79 Å². The third-order valence-electron chi connectivity index (χ3n) is 2.71. The summed E-state index contributed by atoms with van der Waals surface area (Å²) in [6.45, 7) is 7.26. The van der Waals surface area contributed by atoms with Crippen LogP contribution in [0.2, 0.25) is 0 Å². The van der Waals surface area contributed by atoms with Gasteiger partial charge in [-0.2, -0.15) is 0 Å². The number of carbonyl (C=O) groups is 1. The lowest BCUT2D eigenvalue weighted by Crippen LogP contribution is -2.24. The summed E-state index contributed by atoms with van der Waals surface area (Å²) < 4.78 is 11.4. The lowest BCUT2D eigenvalue weighted by atomic mass is 10.1. The summed E-state index contributed by atoms with van der Waals surface area (Å²) in [6, 6.07) is 1.78. The maximum absolute atomic E-state index is 12.2. The number of esters is 1. The maximum atomic E-state index is 12.2. The monoisotopic (exact) mass is 328 g/mol. The Hall–Kier alpha value is -1.23. The Labute approximate surface area is 120 Å². The number of carbonyl (C=O) groups excluding carboxylic acids is 1. The van der Waals surface area contributed by atoms with Crippen molar-refractivity contribution in [2.45, 2.75) is 45.8 Å². The van der Waals surface area contributed by atoms with Crippen LogP contribution in [0, 0.1) is 0 Å². The number of hydrogen-bond acceptors (Lipinski definition) is 4. The van der Waals surface area contributed by atoms with Crippen LogP contribution in [0.5, 0.6) is 11.5 Å². The number of hydrogen-bond donors (Lipinski definition) is 1. The van der Waals surface area contributed by atoms with Crippen molar-refractivity contribution >= 4 is 21.9 Å². The van der Waals surface area contributed by atoms with Gasteiger partial charge >= 0.3 is 5.97 Å². The quantitative estimate of drug-likeness (QED) is 0.802. The Morgan fingerprint density at radius 2 is 2.16 bits per heavy atom. The lowest BCUT2D eigenvalue weighted by molar-refractivity contribution is 0.00627. The van der Waals surface area contributed by atoms with E-state index >= 15 is 0 Å². The number of ether oxygens (including phenoxy) is 2. The molecule has 1 aliphatic rings. The van der Waals surface area contributed by atoms with E-state index in [1.165, 1.54) is 0 Å². The van der Waals surface area contributed by atoms with Gasteiger partial charge in [0.2, 0.25) is 0 Å². The molecule has 0 bridgehead atoms. The molecule has 1 aliphatic heterocycles. The number of phenolic OH excluding ortho intramolecular Hbond substituents is 1. The highest BCUT2D eigenvalue weighted by molar-refractivity contribution is 9.10. The van der Waals surface area contributed by atoms with E-state index in [0.717, 1.165) is 5.56 Å². The van der Waals surface area contributed by atoms with E-state index in [9.17, 15) is 9.90 Å². The van der Waals surface area contributed by atoms with Crippen LogP contribution in [-0.2, 0) is 11.2 Å². The number of aromatic hydroxyl groups is 1. The van der Waals surface area contributed by atoms with Crippen LogP contribution in [0.4, 0.5) is 0 Å². The van der Waals surface area contributed by atoms with E-state index in [4.69, 9.17) is 9.47 Å². The fraction of sp³-hybridized carbons (Fsp3) is 0.500. The molecule has 0 aromatic heterocycles. The van der Waals surface area contributed by atoms with Crippen LogP contribution >= 0.6 is 15.9 Å². The average Bonchev–Trinajstić information content (AvgIpc) is 2.56. The van der Waals surface area contributed by atoms with E-state index in [1.54, 1.807) is 26.8 Å². The highest BCUT2D eigenvalue weighted by Crippen LogP contribution is 2.42. The van der Waals surface area contributed by atoms with Gasteiger partial charge in [-0.15, -0.1) is 0 Å². The summed E-state index contributed by atoms with van der Waals surface area (Å²) >= 11 is 3.25. The predicted octanol–water partition coefficient (Wildman–Crippen LogP) is 3.43. The van der Waals surface area contributed by atoms with Gasteiger partial charge in [0.25, 0.3) is 0 Å². The van der Waals surface area contributed by atoms with Gasteiger partial charge in [-0.1, -0.05) is 0 Å². The van der Waals surface area contributed by atoms with E-state index in [1.807, 2.05) is 6.92 Å². The van der Waals surface area contributed by atoms with Crippen LogP contribution in [0.1, 0.15) is 43.6 Å². The first-order chi connectivity index (χ1) is 8.69. The fourth-order valence-electron chi connectivity index (χ4n) is 2.03. The number of benzene rings is 1. The SMILES string of the molecule is CC1Cc2cc(Br)c(O)c(C(=O)OC(C)(C)C)c2O1. The van der Waals surface area contributed by atoms with E-state index in [0.29, 0.717) is 16.6 Å². The number of fused-ring (bicyclic) bond motifs is 1. The maximum Gasteiger partial charge on any atom is 0.346 e. The molecule has 104 valence electrons. The minimum Gasteiger partial charge on any atom is -0.506 e. The highest BCUT2D eigenvalue weighted by atomic mass is 79.9. The average molecular weight is 329 g/mol. The normalized spacial score (nSPS) is 17.8. The van der Waals surface area contributed by atoms with Gasteiger partial charge in [0, 0.05) is 12.0 Å². The molecule has 0 amide bonds. The first-order valence-electron chi connectivity index (χ1n) is 6.13. The summed E-state index contributed by atoms with van der Waals surface area (Å²) in [5.74, 6) is -0.277. The third kappa shape index (κ3) is 2.86.